The second-order valence-electron chi connectivity index (χ2n) is 7.82. The van der Waals surface area contributed by atoms with Gasteiger partial charge in [0.25, 0.3) is 0 Å². The third kappa shape index (κ3) is 5.05. The largest absolute Gasteiger partial charge is 0.416 e. The number of likely N-dealkylation sites (N-methyl/N-ethyl adjacent to an activating group) is 1. The van der Waals surface area contributed by atoms with Crippen molar-refractivity contribution >= 4 is 15.7 Å². The monoisotopic (exact) mass is 420 g/mol. The number of nitrogens with one attached hydrogen (secondary N) is 1. The highest BCUT2D eigenvalue weighted by Gasteiger charge is 2.38. The smallest absolute Gasteiger partial charge is 0.355 e. The average molecular weight is 420 g/mol. The summed E-state index contributed by atoms with van der Waals surface area (Å²) in [5.41, 5.74) is -1.00. The maximum absolute atomic E-state index is 12.9. The molecule has 1 fully saturated rings. The van der Waals surface area contributed by atoms with Crippen molar-refractivity contribution in [3.8, 4) is 0 Å². The number of alkyl halides is 3. The van der Waals surface area contributed by atoms with Crippen molar-refractivity contribution in [1.82, 2.24) is 10.2 Å². The van der Waals surface area contributed by atoms with Gasteiger partial charge in [-0.15, -0.1) is 0 Å². The first kappa shape index (κ1) is 22.7. The number of carbonyl (C=O) groups is 1. The van der Waals surface area contributed by atoms with Crippen LogP contribution in [0.5, 0.6) is 0 Å². The molecule has 1 aromatic rings. The summed E-state index contributed by atoms with van der Waals surface area (Å²) < 4.78 is 63.1. The van der Waals surface area contributed by atoms with Crippen LogP contribution in [0.1, 0.15) is 45.1 Å². The lowest BCUT2D eigenvalue weighted by atomic mass is 10.0. The Balaban J connectivity index is 2.06. The lowest BCUT2D eigenvalue weighted by Crippen LogP contribution is -2.48. The van der Waals surface area contributed by atoms with E-state index in [1.54, 1.807) is 0 Å². The molecule has 28 heavy (non-hydrogen) atoms. The van der Waals surface area contributed by atoms with Crippen LogP contribution in [0.2, 0.25) is 0 Å². The van der Waals surface area contributed by atoms with Crippen LogP contribution in [-0.4, -0.2) is 50.2 Å². The molecule has 1 heterocycles. The van der Waals surface area contributed by atoms with Gasteiger partial charge in [0.05, 0.1) is 21.2 Å². The fourth-order valence-corrected chi connectivity index (χ4v) is 4.85. The molecule has 9 heteroatoms. The van der Waals surface area contributed by atoms with Crippen molar-refractivity contribution in [2.45, 2.75) is 61.4 Å². The molecule has 0 bridgehead atoms. The van der Waals surface area contributed by atoms with Crippen LogP contribution >= 0.6 is 0 Å². The molecule has 5 nitrogen and oxygen atoms in total. The molecule has 1 N–H and O–H groups in total. The lowest BCUT2D eigenvalue weighted by molar-refractivity contribution is -0.137. The Kier molecular flexibility index (Phi) is 6.81. The Hall–Kier alpha value is -1.61. The van der Waals surface area contributed by atoms with Gasteiger partial charge in [-0.1, -0.05) is 12.5 Å². The minimum Gasteiger partial charge on any atom is -0.355 e. The van der Waals surface area contributed by atoms with Crippen molar-refractivity contribution < 1.29 is 26.4 Å². The SMILES string of the molecule is CN1CCCCC1C(=O)NCCC(C)(C)S(=O)(=O)c1cccc(C(F)(F)F)c1. The molecular formula is C19H27F3N2O3S. The molecular weight excluding hydrogens is 393 g/mol. The van der Waals surface area contributed by atoms with Gasteiger partial charge < -0.3 is 5.32 Å². The van der Waals surface area contributed by atoms with Crippen LogP contribution in [0.3, 0.4) is 0 Å². The van der Waals surface area contributed by atoms with Gasteiger partial charge in [0.15, 0.2) is 9.84 Å². The Morgan fingerprint density at radius 3 is 2.54 bits per heavy atom. The standard InChI is InChI=1S/C19H27F3N2O3S/c1-18(2,10-11-23-17(25)16-9-4-5-12-24(16)3)28(26,27)15-8-6-7-14(13-15)19(20,21)22/h6-8,13,16H,4-5,9-12H2,1-3H3,(H,23,25). The predicted octanol–water partition coefficient (Wildman–Crippen LogP) is 3.25. The summed E-state index contributed by atoms with van der Waals surface area (Å²) in [7, 11) is -2.14. The molecule has 158 valence electrons. The highest BCUT2D eigenvalue weighted by atomic mass is 32.2. The number of nitrogens with zero attached hydrogens (tertiary/aromatic N) is 1. The summed E-state index contributed by atoms with van der Waals surface area (Å²) in [5.74, 6) is -0.144. The van der Waals surface area contributed by atoms with E-state index in [1.165, 1.54) is 19.9 Å². The van der Waals surface area contributed by atoms with E-state index in [0.29, 0.717) is 6.07 Å². The van der Waals surface area contributed by atoms with E-state index >= 15 is 0 Å². The maximum Gasteiger partial charge on any atom is 0.416 e. The number of hydrogen-bond donors (Lipinski definition) is 1. The van der Waals surface area contributed by atoms with Crippen molar-refractivity contribution in [3.05, 3.63) is 29.8 Å². The van der Waals surface area contributed by atoms with Gasteiger partial charge in [-0.25, -0.2) is 8.42 Å². The molecule has 1 aliphatic heterocycles. The fourth-order valence-electron chi connectivity index (χ4n) is 3.30. The van der Waals surface area contributed by atoms with Gasteiger partial charge in [-0.3, -0.25) is 9.69 Å². The van der Waals surface area contributed by atoms with Crippen molar-refractivity contribution in [2.24, 2.45) is 0 Å². The highest BCUT2D eigenvalue weighted by molar-refractivity contribution is 7.92. The van der Waals surface area contributed by atoms with Gasteiger partial charge in [0.2, 0.25) is 5.91 Å². The van der Waals surface area contributed by atoms with E-state index < -0.39 is 26.3 Å². The van der Waals surface area contributed by atoms with E-state index in [-0.39, 0.29) is 29.8 Å². The normalized spacial score (nSPS) is 19.4. The summed E-state index contributed by atoms with van der Waals surface area (Å²) in [5, 5.41) is 2.77. The van der Waals surface area contributed by atoms with Crippen LogP contribution in [0.25, 0.3) is 0 Å². The first-order valence-corrected chi connectivity index (χ1v) is 10.7. The average Bonchev–Trinajstić information content (AvgIpc) is 2.61. The predicted molar refractivity (Wildman–Crippen MR) is 101 cm³/mol. The van der Waals surface area contributed by atoms with Crippen LogP contribution < -0.4 is 5.32 Å². The van der Waals surface area contributed by atoms with Crippen molar-refractivity contribution in [1.29, 1.82) is 0 Å². The van der Waals surface area contributed by atoms with Gasteiger partial charge >= 0.3 is 6.18 Å². The summed E-state index contributed by atoms with van der Waals surface area (Å²) in [6.07, 6.45) is -1.75. The van der Waals surface area contributed by atoms with E-state index in [4.69, 9.17) is 0 Å². The summed E-state index contributed by atoms with van der Waals surface area (Å²) >= 11 is 0. The summed E-state index contributed by atoms with van der Waals surface area (Å²) in [6.45, 7) is 3.89. The topological polar surface area (TPSA) is 66.5 Å². The molecule has 1 aliphatic rings. The Morgan fingerprint density at radius 2 is 1.93 bits per heavy atom. The molecule has 1 unspecified atom stereocenters. The quantitative estimate of drug-likeness (QED) is 0.767. The van der Waals surface area contributed by atoms with E-state index in [0.717, 1.165) is 37.9 Å². The molecule has 0 saturated carbocycles. The molecule has 1 saturated heterocycles. The third-order valence-corrected chi connectivity index (χ3v) is 7.83. The number of likely N-dealkylation sites (tertiary alicyclic amines) is 1. The minimum atomic E-state index is -4.62. The number of carbonyl (C=O) groups excluding carboxylic acids is 1. The number of piperidine rings is 1. The van der Waals surface area contributed by atoms with Crippen molar-refractivity contribution in [2.75, 3.05) is 20.1 Å². The zero-order chi connectivity index (χ0) is 21.2. The Bertz CT molecular complexity index is 807. The van der Waals surface area contributed by atoms with Gasteiger partial charge in [0.1, 0.15) is 0 Å². The summed E-state index contributed by atoms with van der Waals surface area (Å²) in [6, 6.07) is 3.53. The van der Waals surface area contributed by atoms with Crippen LogP contribution in [0, 0.1) is 0 Å². The number of rotatable bonds is 6. The molecule has 2 rings (SSSR count). The lowest BCUT2D eigenvalue weighted by Gasteiger charge is -2.31. The number of halogens is 3. The van der Waals surface area contributed by atoms with Crippen LogP contribution in [0.4, 0.5) is 13.2 Å². The molecule has 1 aromatic carbocycles. The van der Waals surface area contributed by atoms with Crippen molar-refractivity contribution in [3.63, 3.8) is 0 Å². The second kappa shape index (κ2) is 8.41. The first-order chi connectivity index (χ1) is 12.9. The third-order valence-electron chi connectivity index (χ3n) is 5.30. The fraction of sp³-hybridized carbons (Fsp3) is 0.632. The zero-order valence-corrected chi connectivity index (χ0v) is 17.2. The second-order valence-corrected chi connectivity index (χ2v) is 10.4. The number of benzene rings is 1. The Morgan fingerprint density at radius 1 is 1.25 bits per heavy atom. The van der Waals surface area contributed by atoms with E-state index in [9.17, 15) is 26.4 Å². The highest BCUT2D eigenvalue weighted by Crippen LogP contribution is 2.34. The zero-order valence-electron chi connectivity index (χ0n) is 16.3. The van der Waals surface area contributed by atoms with Crippen LogP contribution in [-0.2, 0) is 20.8 Å². The maximum atomic E-state index is 12.9. The molecule has 0 radical (unpaired) electrons. The van der Waals surface area contributed by atoms with Gasteiger partial charge in [0, 0.05) is 6.54 Å². The summed E-state index contributed by atoms with van der Waals surface area (Å²) in [4.78, 5) is 13.9. The van der Waals surface area contributed by atoms with Gasteiger partial charge in [-0.2, -0.15) is 13.2 Å². The molecule has 1 atom stereocenters. The van der Waals surface area contributed by atoms with E-state index in [2.05, 4.69) is 5.32 Å². The Labute approximate surface area is 164 Å². The first-order valence-electron chi connectivity index (χ1n) is 9.26. The molecule has 0 spiro atoms. The number of amides is 1. The molecule has 0 aliphatic carbocycles. The van der Waals surface area contributed by atoms with E-state index in [1.807, 2.05) is 11.9 Å². The molecule has 1 amide bonds. The van der Waals surface area contributed by atoms with Gasteiger partial charge in [-0.05, 0) is 64.9 Å². The van der Waals surface area contributed by atoms with Crippen LogP contribution in [0.15, 0.2) is 29.2 Å². The number of hydrogen-bond acceptors (Lipinski definition) is 4. The molecule has 0 aromatic heterocycles. The minimum absolute atomic E-state index is 0.0910. The number of sulfone groups is 1.